The van der Waals surface area contributed by atoms with Crippen LogP contribution < -0.4 is 10.6 Å². The van der Waals surface area contributed by atoms with Gasteiger partial charge >= 0.3 is 0 Å². The van der Waals surface area contributed by atoms with E-state index in [0.717, 1.165) is 11.3 Å². The molecule has 2 N–H and O–H groups in total. The molecule has 1 aliphatic rings. The van der Waals surface area contributed by atoms with Crippen molar-refractivity contribution >= 4 is 17.6 Å². The molecule has 1 amide bonds. The normalized spacial score (nSPS) is 17.5. The van der Waals surface area contributed by atoms with Gasteiger partial charge in [-0.05, 0) is 17.7 Å². The molecule has 0 saturated carbocycles. The van der Waals surface area contributed by atoms with E-state index in [-0.39, 0.29) is 11.9 Å². The maximum absolute atomic E-state index is 11.9. The first kappa shape index (κ1) is 12.4. The second-order valence-electron chi connectivity index (χ2n) is 4.66. The van der Waals surface area contributed by atoms with Gasteiger partial charge in [-0.3, -0.25) is 10.1 Å². The molecule has 0 aromatic heterocycles. The number of guanidine groups is 1. The standard InChI is InChI=1S/C16H15N3O/c20-15-14(11-12-7-3-1-4-8-12)18-16(19-15)17-13-9-5-2-6-10-13/h1-10,14H,11H2,(H2,17,18,19,20). The number of para-hydroxylation sites is 1. The van der Waals surface area contributed by atoms with Crippen molar-refractivity contribution in [3.05, 3.63) is 66.2 Å². The van der Waals surface area contributed by atoms with Crippen molar-refractivity contribution in [2.24, 2.45) is 4.99 Å². The molecule has 1 unspecified atom stereocenters. The summed E-state index contributed by atoms with van der Waals surface area (Å²) in [5.74, 6) is 0.453. The van der Waals surface area contributed by atoms with Crippen molar-refractivity contribution < 1.29 is 4.79 Å². The molecule has 1 atom stereocenters. The summed E-state index contributed by atoms with van der Waals surface area (Å²) in [5.41, 5.74) is 2.02. The van der Waals surface area contributed by atoms with E-state index in [1.54, 1.807) is 0 Å². The van der Waals surface area contributed by atoms with Crippen LogP contribution in [0.2, 0.25) is 0 Å². The van der Waals surface area contributed by atoms with Gasteiger partial charge in [-0.15, -0.1) is 0 Å². The average Bonchev–Trinajstić information content (AvgIpc) is 2.81. The quantitative estimate of drug-likeness (QED) is 0.894. The third kappa shape index (κ3) is 2.85. The smallest absolute Gasteiger partial charge is 0.251 e. The first-order chi connectivity index (χ1) is 9.81. The molecule has 0 spiro atoms. The van der Waals surface area contributed by atoms with E-state index >= 15 is 0 Å². The summed E-state index contributed by atoms with van der Waals surface area (Å²) in [6.07, 6.45) is 0.618. The third-order valence-corrected chi connectivity index (χ3v) is 3.14. The van der Waals surface area contributed by atoms with Crippen molar-refractivity contribution in [2.45, 2.75) is 12.5 Å². The van der Waals surface area contributed by atoms with Crippen LogP contribution in [0.1, 0.15) is 5.56 Å². The maximum Gasteiger partial charge on any atom is 0.251 e. The second-order valence-corrected chi connectivity index (χ2v) is 4.66. The number of hydrogen-bond acceptors (Lipinski definition) is 3. The molecule has 0 fully saturated rings. The average molecular weight is 265 g/mol. The molecule has 4 heteroatoms. The zero-order valence-corrected chi connectivity index (χ0v) is 10.9. The fraction of sp³-hybridized carbons (Fsp3) is 0.125. The number of nitrogens with zero attached hydrogens (tertiary/aromatic N) is 1. The summed E-state index contributed by atoms with van der Waals surface area (Å²) in [5, 5.41) is 5.88. The molecule has 3 rings (SSSR count). The van der Waals surface area contributed by atoms with Gasteiger partial charge < -0.3 is 5.32 Å². The lowest BCUT2D eigenvalue weighted by atomic mass is 10.1. The van der Waals surface area contributed by atoms with Crippen LogP contribution in [-0.2, 0) is 11.2 Å². The Morgan fingerprint density at radius 2 is 1.65 bits per heavy atom. The lowest BCUT2D eigenvalue weighted by molar-refractivity contribution is -0.120. The Kier molecular flexibility index (Phi) is 3.46. The van der Waals surface area contributed by atoms with Crippen molar-refractivity contribution in [3.63, 3.8) is 0 Å². The van der Waals surface area contributed by atoms with Crippen LogP contribution >= 0.6 is 0 Å². The van der Waals surface area contributed by atoms with Gasteiger partial charge in [0, 0.05) is 12.1 Å². The number of carbonyl (C=O) groups is 1. The molecule has 0 saturated heterocycles. The number of rotatable bonds is 3. The van der Waals surface area contributed by atoms with Gasteiger partial charge in [-0.2, -0.15) is 0 Å². The highest BCUT2D eigenvalue weighted by molar-refractivity contribution is 6.10. The van der Waals surface area contributed by atoms with Crippen LogP contribution in [0.4, 0.5) is 5.69 Å². The van der Waals surface area contributed by atoms with Crippen molar-refractivity contribution in [3.8, 4) is 0 Å². The minimum Gasteiger partial charge on any atom is -0.326 e. The Labute approximate surface area is 117 Å². The molecular weight excluding hydrogens is 250 g/mol. The minimum absolute atomic E-state index is 0.0627. The van der Waals surface area contributed by atoms with E-state index in [9.17, 15) is 4.79 Å². The molecule has 2 aromatic carbocycles. The first-order valence-corrected chi connectivity index (χ1v) is 6.56. The largest absolute Gasteiger partial charge is 0.326 e. The van der Waals surface area contributed by atoms with E-state index in [0.29, 0.717) is 12.4 Å². The second kappa shape index (κ2) is 5.57. The van der Waals surface area contributed by atoms with Crippen LogP contribution in [0.3, 0.4) is 0 Å². The van der Waals surface area contributed by atoms with Crippen molar-refractivity contribution in [2.75, 3.05) is 5.32 Å². The van der Waals surface area contributed by atoms with E-state index in [1.165, 1.54) is 0 Å². The lowest BCUT2D eigenvalue weighted by Gasteiger charge is -2.04. The van der Waals surface area contributed by atoms with Crippen LogP contribution in [0.15, 0.2) is 65.7 Å². The molecule has 1 aliphatic heterocycles. The third-order valence-electron chi connectivity index (χ3n) is 3.14. The number of nitrogens with one attached hydrogen (secondary N) is 2. The Bertz CT molecular complexity index is 623. The van der Waals surface area contributed by atoms with Gasteiger partial charge in [0.2, 0.25) is 5.96 Å². The van der Waals surface area contributed by atoms with Gasteiger partial charge in [0.25, 0.3) is 5.91 Å². The van der Waals surface area contributed by atoms with Crippen LogP contribution in [-0.4, -0.2) is 17.9 Å². The maximum atomic E-state index is 11.9. The highest BCUT2D eigenvalue weighted by atomic mass is 16.2. The van der Waals surface area contributed by atoms with Crippen molar-refractivity contribution in [1.82, 2.24) is 5.32 Å². The Hall–Kier alpha value is -2.62. The summed E-state index contributed by atoms with van der Waals surface area (Å²) >= 11 is 0. The number of aliphatic imine (C=N–C) groups is 1. The molecule has 20 heavy (non-hydrogen) atoms. The molecule has 4 nitrogen and oxygen atoms in total. The van der Waals surface area contributed by atoms with Gasteiger partial charge in [0.1, 0.15) is 6.04 Å². The van der Waals surface area contributed by atoms with Crippen LogP contribution in [0.5, 0.6) is 0 Å². The first-order valence-electron chi connectivity index (χ1n) is 6.56. The van der Waals surface area contributed by atoms with Gasteiger partial charge in [-0.25, -0.2) is 4.99 Å². The molecule has 0 bridgehead atoms. The fourth-order valence-corrected chi connectivity index (χ4v) is 2.14. The molecule has 0 aliphatic carbocycles. The minimum atomic E-state index is -0.358. The molecular formula is C16H15N3O. The number of amides is 1. The fourth-order valence-electron chi connectivity index (χ4n) is 2.14. The summed E-state index contributed by atoms with van der Waals surface area (Å²) < 4.78 is 0. The van der Waals surface area contributed by atoms with Crippen molar-refractivity contribution in [1.29, 1.82) is 0 Å². The van der Waals surface area contributed by atoms with E-state index in [2.05, 4.69) is 15.6 Å². The van der Waals surface area contributed by atoms with Crippen LogP contribution in [0.25, 0.3) is 0 Å². The summed E-state index contributed by atoms with van der Waals surface area (Å²) in [7, 11) is 0. The summed E-state index contributed by atoms with van der Waals surface area (Å²) in [4.78, 5) is 16.3. The highest BCUT2D eigenvalue weighted by Crippen LogP contribution is 2.11. The predicted octanol–water partition coefficient (Wildman–Crippen LogP) is 2.20. The monoisotopic (exact) mass is 265 g/mol. The van der Waals surface area contributed by atoms with E-state index in [4.69, 9.17) is 0 Å². The SMILES string of the molecule is O=C1NC(Nc2ccccc2)=NC1Cc1ccccc1. The number of anilines is 1. The summed E-state index contributed by atoms with van der Waals surface area (Å²) in [6, 6.07) is 19.2. The van der Waals surface area contributed by atoms with Crippen LogP contribution in [0, 0.1) is 0 Å². The van der Waals surface area contributed by atoms with Gasteiger partial charge in [0.15, 0.2) is 0 Å². The topological polar surface area (TPSA) is 53.5 Å². The molecule has 0 radical (unpaired) electrons. The zero-order chi connectivity index (χ0) is 13.8. The van der Waals surface area contributed by atoms with E-state index in [1.807, 2.05) is 60.7 Å². The predicted molar refractivity (Wildman–Crippen MR) is 79.6 cm³/mol. The van der Waals surface area contributed by atoms with E-state index < -0.39 is 0 Å². The van der Waals surface area contributed by atoms with Gasteiger partial charge in [0.05, 0.1) is 0 Å². The highest BCUT2D eigenvalue weighted by Gasteiger charge is 2.26. The Morgan fingerprint density at radius 1 is 1.00 bits per heavy atom. The molecule has 2 aromatic rings. The number of benzene rings is 2. The molecule has 100 valence electrons. The lowest BCUT2D eigenvalue weighted by Crippen LogP contribution is -2.33. The molecule has 1 heterocycles. The zero-order valence-electron chi connectivity index (χ0n) is 10.9. The van der Waals surface area contributed by atoms with Gasteiger partial charge in [-0.1, -0.05) is 48.5 Å². The summed E-state index contributed by atoms with van der Waals surface area (Å²) in [6.45, 7) is 0. The number of hydrogen-bond donors (Lipinski definition) is 2. The number of carbonyl (C=O) groups excluding carboxylic acids is 1. The Morgan fingerprint density at radius 3 is 2.35 bits per heavy atom. The Balaban J connectivity index is 1.69.